The van der Waals surface area contributed by atoms with Crippen molar-refractivity contribution in [3.05, 3.63) is 71.4 Å². The predicted octanol–water partition coefficient (Wildman–Crippen LogP) is 4.15. The Balaban J connectivity index is 2.14. The molecule has 3 atom stereocenters. The van der Waals surface area contributed by atoms with Gasteiger partial charge in [-0.15, -0.1) is 0 Å². The van der Waals surface area contributed by atoms with Crippen molar-refractivity contribution in [3.8, 4) is 11.5 Å². The number of esters is 1. The van der Waals surface area contributed by atoms with Crippen LogP contribution >= 0.6 is 0 Å². The Morgan fingerprint density at radius 3 is 1.86 bits per heavy atom. The van der Waals surface area contributed by atoms with Crippen LogP contribution in [-0.4, -0.2) is 75.6 Å². The molecule has 2 rings (SSSR count). The second-order valence-electron chi connectivity index (χ2n) is 10.3. The van der Waals surface area contributed by atoms with Crippen LogP contribution in [0.1, 0.15) is 38.8 Å². The third kappa shape index (κ3) is 12.5. The number of aliphatic hydroxyl groups is 1. The van der Waals surface area contributed by atoms with Crippen molar-refractivity contribution >= 4 is 12.1 Å². The van der Waals surface area contributed by atoms with Crippen LogP contribution in [0.5, 0.6) is 11.5 Å². The average Bonchev–Trinajstić information content (AvgIpc) is 2.95. The van der Waals surface area contributed by atoms with E-state index < -0.39 is 36.0 Å². The van der Waals surface area contributed by atoms with Crippen LogP contribution < -0.4 is 14.8 Å². The summed E-state index contributed by atoms with van der Waals surface area (Å²) in [5.41, 5.74) is 0.882. The molecule has 0 aliphatic heterocycles. The Bertz CT molecular complexity index is 1120. The van der Waals surface area contributed by atoms with Gasteiger partial charge in [-0.2, -0.15) is 0 Å². The fourth-order valence-corrected chi connectivity index (χ4v) is 3.67. The number of benzene rings is 2. The lowest BCUT2D eigenvalue weighted by atomic mass is 10.1. The number of carbonyl (C=O) groups excluding carboxylic acids is 2. The summed E-state index contributed by atoms with van der Waals surface area (Å²) in [5, 5.41) is 13.0. The number of methoxy groups -OCH3 is 3. The maximum atomic E-state index is 12.2. The van der Waals surface area contributed by atoms with Crippen molar-refractivity contribution in [2.75, 3.05) is 34.5 Å². The van der Waals surface area contributed by atoms with Gasteiger partial charge in [0.25, 0.3) is 0 Å². The molecule has 0 aliphatic carbocycles. The summed E-state index contributed by atoms with van der Waals surface area (Å²) in [7, 11) is 4.39. The van der Waals surface area contributed by atoms with Gasteiger partial charge in [0.1, 0.15) is 35.0 Å². The van der Waals surface area contributed by atoms with E-state index in [1.54, 1.807) is 41.9 Å². The molecule has 0 aromatic heterocycles. The monoisotopic (exact) mass is 589 g/mol. The smallest absolute Gasteiger partial charge is 0.412 e. The first-order valence-electron chi connectivity index (χ1n) is 13.5. The van der Waals surface area contributed by atoms with E-state index in [0.717, 1.165) is 22.6 Å². The fraction of sp³-hybridized carbons (Fsp3) is 0.484. The van der Waals surface area contributed by atoms with Gasteiger partial charge in [-0.1, -0.05) is 24.3 Å². The van der Waals surface area contributed by atoms with E-state index in [2.05, 4.69) is 5.32 Å². The molecule has 0 fully saturated rings. The highest BCUT2D eigenvalue weighted by atomic mass is 16.6. The molecule has 0 heterocycles. The Morgan fingerprint density at radius 2 is 1.40 bits per heavy atom. The van der Waals surface area contributed by atoms with Crippen molar-refractivity contribution in [3.63, 3.8) is 0 Å². The van der Waals surface area contributed by atoms with Crippen LogP contribution in [0.3, 0.4) is 0 Å². The Hall–Kier alpha value is -3.64. The molecule has 1 amide bonds. The van der Waals surface area contributed by atoms with Crippen LogP contribution in [0.15, 0.2) is 60.3 Å². The van der Waals surface area contributed by atoms with Crippen LogP contribution in [0.4, 0.5) is 4.79 Å². The fourth-order valence-electron chi connectivity index (χ4n) is 3.67. The number of alkyl carbamates (subject to hydrolysis) is 1. The first-order chi connectivity index (χ1) is 19.9. The van der Waals surface area contributed by atoms with Crippen molar-refractivity contribution in [2.24, 2.45) is 0 Å². The van der Waals surface area contributed by atoms with E-state index in [1.807, 2.05) is 48.5 Å². The van der Waals surface area contributed by atoms with Crippen molar-refractivity contribution in [1.82, 2.24) is 5.32 Å². The molecule has 0 spiro atoms. The van der Waals surface area contributed by atoms with Crippen molar-refractivity contribution < 1.29 is 47.9 Å². The summed E-state index contributed by atoms with van der Waals surface area (Å²) < 4.78 is 38.5. The third-order valence-corrected chi connectivity index (χ3v) is 5.79. The molecule has 232 valence electrons. The standard InChI is InChI=1S/C31H43NO10/c1-21(33)28(41-19-23-10-14-25(37-6)15-11-23)27(40-18-22-8-12-24(36-5)13-9-22)20-39-17-16-26(29(34)38-7)32-30(35)42-31(2,3)4/h8-16,21,27-28,33H,17-20H2,1-7H3,(H,32,35)/b26-16-/t21-,27-,28-/m0/s1. The quantitative estimate of drug-likeness (QED) is 0.167. The number of hydrogen-bond acceptors (Lipinski definition) is 10. The highest BCUT2D eigenvalue weighted by Crippen LogP contribution is 2.19. The van der Waals surface area contributed by atoms with Gasteiger partial charge in [0.15, 0.2) is 0 Å². The zero-order chi connectivity index (χ0) is 31.1. The largest absolute Gasteiger partial charge is 0.497 e. The number of hydrogen-bond donors (Lipinski definition) is 2. The van der Waals surface area contributed by atoms with Gasteiger partial charge in [-0.25, -0.2) is 9.59 Å². The molecule has 0 radical (unpaired) electrons. The first kappa shape index (κ1) is 34.6. The SMILES string of the molecule is COC(=O)/C(=C/COC[C@H](OCc1ccc(OC)cc1)[C@@H](OCc1ccc(OC)cc1)[C@H](C)O)NC(=O)OC(C)(C)C. The number of amides is 1. The minimum Gasteiger partial charge on any atom is -0.497 e. The predicted molar refractivity (Wildman–Crippen MR) is 155 cm³/mol. The lowest BCUT2D eigenvalue weighted by molar-refractivity contribution is -0.146. The molecule has 0 aliphatic rings. The second kappa shape index (κ2) is 17.3. The van der Waals surface area contributed by atoms with E-state index >= 15 is 0 Å². The van der Waals surface area contributed by atoms with Gasteiger partial charge in [-0.05, 0) is 69.2 Å². The number of carbonyl (C=O) groups is 2. The lowest BCUT2D eigenvalue weighted by Gasteiger charge is -2.29. The number of ether oxygens (including phenoxy) is 7. The normalized spacial score (nSPS) is 14.0. The van der Waals surface area contributed by atoms with Crippen LogP contribution in [0.2, 0.25) is 0 Å². The van der Waals surface area contributed by atoms with Gasteiger partial charge in [0, 0.05) is 0 Å². The molecule has 11 heteroatoms. The Morgan fingerprint density at radius 1 is 0.881 bits per heavy atom. The Kier molecular flexibility index (Phi) is 14.3. The number of nitrogens with one attached hydrogen (secondary N) is 1. The lowest BCUT2D eigenvalue weighted by Crippen LogP contribution is -2.42. The maximum Gasteiger partial charge on any atom is 0.412 e. The molecular weight excluding hydrogens is 546 g/mol. The van der Waals surface area contributed by atoms with Gasteiger partial charge < -0.3 is 38.3 Å². The summed E-state index contributed by atoms with van der Waals surface area (Å²) in [5.74, 6) is 0.679. The molecule has 42 heavy (non-hydrogen) atoms. The van der Waals surface area contributed by atoms with Gasteiger partial charge >= 0.3 is 12.1 Å². The molecule has 2 N–H and O–H groups in total. The summed E-state index contributed by atoms with van der Waals surface area (Å²) in [6.45, 7) is 7.10. The Labute approximate surface area is 247 Å². The summed E-state index contributed by atoms with van der Waals surface area (Å²) >= 11 is 0. The maximum absolute atomic E-state index is 12.2. The zero-order valence-corrected chi connectivity index (χ0v) is 25.4. The van der Waals surface area contributed by atoms with Gasteiger partial charge in [-0.3, -0.25) is 5.32 Å². The van der Waals surface area contributed by atoms with E-state index in [0.29, 0.717) is 0 Å². The van der Waals surface area contributed by atoms with Crippen LogP contribution in [0, 0.1) is 0 Å². The van der Waals surface area contributed by atoms with E-state index in [1.165, 1.54) is 13.2 Å². The highest BCUT2D eigenvalue weighted by Gasteiger charge is 2.28. The molecule has 0 saturated carbocycles. The highest BCUT2D eigenvalue weighted by molar-refractivity contribution is 5.92. The molecule has 0 saturated heterocycles. The number of aliphatic hydroxyl groups excluding tert-OH is 1. The summed E-state index contributed by atoms with van der Waals surface area (Å²) in [6, 6.07) is 14.8. The molecule has 2 aromatic rings. The van der Waals surface area contributed by atoms with Crippen LogP contribution in [0.25, 0.3) is 0 Å². The van der Waals surface area contributed by atoms with E-state index in [4.69, 9.17) is 33.2 Å². The third-order valence-electron chi connectivity index (χ3n) is 5.79. The topological polar surface area (TPSA) is 131 Å². The zero-order valence-electron chi connectivity index (χ0n) is 25.4. The second-order valence-corrected chi connectivity index (χ2v) is 10.3. The van der Waals surface area contributed by atoms with E-state index in [-0.39, 0.29) is 32.1 Å². The molecule has 0 bridgehead atoms. The minimum atomic E-state index is -0.900. The molecule has 2 aromatic carbocycles. The minimum absolute atomic E-state index is 0.00568. The average molecular weight is 590 g/mol. The van der Waals surface area contributed by atoms with Gasteiger partial charge in [0.05, 0.1) is 53.9 Å². The first-order valence-corrected chi connectivity index (χ1v) is 13.5. The number of rotatable bonds is 16. The van der Waals surface area contributed by atoms with Gasteiger partial charge in [0.2, 0.25) is 0 Å². The summed E-state index contributed by atoms with van der Waals surface area (Å²) in [6.07, 6.45) is -1.79. The van der Waals surface area contributed by atoms with Crippen molar-refractivity contribution in [1.29, 1.82) is 0 Å². The molecule has 11 nitrogen and oxygen atoms in total. The molecule has 0 unspecified atom stereocenters. The molecular formula is C31H43NO10. The van der Waals surface area contributed by atoms with Crippen molar-refractivity contribution in [2.45, 2.75) is 64.8 Å². The van der Waals surface area contributed by atoms with Crippen LogP contribution in [-0.2, 0) is 41.7 Å². The van der Waals surface area contributed by atoms with E-state index in [9.17, 15) is 14.7 Å². The summed E-state index contributed by atoms with van der Waals surface area (Å²) in [4.78, 5) is 24.4.